The van der Waals surface area contributed by atoms with Gasteiger partial charge in [-0.25, -0.2) is 4.79 Å². The summed E-state index contributed by atoms with van der Waals surface area (Å²) in [5.41, 5.74) is 0.413. The smallest absolute Gasteiger partial charge is 0.333 e. The lowest BCUT2D eigenvalue weighted by molar-refractivity contribution is -0.141. The predicted octanol–water partition coefficient (Wildman–Crippen LogP) is 4.08. The lowest BCUT2D eigenvalue weighted by Gasteiger charge is -2.40. The summed E-state index contributed by atoms with van der Waals surface area (Å²) < 4.78 is 5.11. The molecule has 0 saturated heterocycles. The van der Waals surface area contributed by atoms with Gasteiger partial charge in [0.1, 0.15) is 6.04 Å². The van der Waals surface area contributed by atoms with E-state index in [1.54, 1.807) is 38.9 Å². The van der Waals surface area contributed by atoms with Gasteiger partial charge in [0.2, 0.25) is 11.8 Å². The summed E-state index contributed by atoms with van der Waals surface area (Å²) in [7, 11) is 3.48. The SMILES string of the molecule is CCOC(=O)/C(C)=C/[C@@H](C(C)C)N(C)C(=O)[C@@H](NC(=O)C(NC)C(C)(C)c1ccccc1)C(C)(C)C. The lowest BCUT2D eigenvalue weighted by Crippen LogP contribution is -2.61. The second kappa shape index (κ2) is 13.0. The number of nitrogens with one attached hydrogen (secondary N) is 2. The van der Waals surface area contributed by atoms with Crippen molar-refractivity contribution in [3.05, 3.63) is 47.5 Å². The molecule has 0 aliphatic rings. The molecule has 7 nitrogen and oxygen atoms in total. The van der Waals surface area contributed by atoms with Crippen molar-refractivity contribution in [1.82, 2.24) is 15.5 Å². The maximum absolute atomic E-state index is 13.8. The second-order valence-electron chi connectivity index (χ2n) is 11.4. The van der Waals surface area contributed by atoms with E-state index >= 15 is 0 Å². The van der Waals surface area contributed by atoms with Crippen molar-refractivity contribution >= 4 is 17.8 Å². The van der Waals surface area contributed by atoms with E-state index in [-0.39, 0.29) is 30.4 Å². The molecule has 0 aliphatic carbocycles. The largest absolute Gasteiger partial charge is 0.463 e. The Balaban J connectivity index is 3.28. The molecular formula is C29H47N3O4. The molecule has 0 spiro atoms. The maximum Gasteiger partial charge on any atom is 0.333 e. The number of esters is 1. The first-order valence-corrected chi connectivity index (χ1v) is 12.7. The van der Waals surface area contributed by atoms with E-state index in [1.807, 2.05) is 78.8 Å². The van der Waals surface area contributed by atoms with Gasteiger partial charge < -0.3 is 20.3 Å². The molecule has 0 radical (unpaired) electrons. The fourth-order valence-electron chi connectivity index (χ4n) is 4.40. The average Bonchev–Trinajstić information content (AvgIpc) is 2.80. The van der Waals surface area contributed by atoms with Gasteiger partial charge in [0, 0.05) is 18.0 Å². The Morgan fingerprint density at radius 1 is 1.03 bits per heavy atom. The molecule has 1 aromatic rings. The number of likely N-dealkylation sites (N-methyl/N-ethyl adjacent to an activating group) is 2. The van der Waals surface area contributed by atoms with Crippen molar-refractivity contribution in [3.63, 3.8) is 0 Å². The highest BCUT2D eigenvalue weighted by atomic mass is 16.5. The van der Waals surface area contributed by atoms with Crippen molar-refractivity contribution in [2.75, 3.05) is 20.7 Å². The van der Waals surface area contributed by atoms with Gasteiger partial charge in [-0.05, 0) is 37.8 Å². The van der Waals surface area contributed by atoms with Crippen LogP contribution < -0.4 is 10.6 Å². The molecule has 3 atom stereocenters. The number of carbonyl (C=O) groups is 3. The Bertz CT molecular complexity index is 916. The van der Waals surface area contributed by atoms with Crippen LogP contribution in [0.1, 0.15) is 67.9 Å². The van der Waals surface area contributed by atoms with Crippen LogP contribution in [0, 0.1) is 11.3 Å². The number of rotatable bonds is 11. The third kappa shape index (κ3) is 7.92. The molecule has 0 heterocycles. The number of nitrogens with zero attached hydrogens (tertiary/aromatic N) is 1. The topological polar surface area (TPSA) is 87.7 Å². The second-order valence-corrected chi connectivity index (χ2v) is 11.4. The molecule has 0 bridgehead atoms. The standard InChI is InChI=1S/C29H47N3O4/c1-12-36-27(35)20(4)18-22(19(2)3)32(11)26(34)24(28(5,6)7)31-25(33)23(30-10)29(8,9)21-16-14-13-15-17-21/h13-19,22-24,30H,12H2,1-11H3,(H,31,33)/b20-18+/t22-,23?,24+/m0/s1. The Hall–Kier alpha value is -2.67. The van der Waals surface area contributed by atoms with Gasteiger partial charge >= 0.3 is 5.97 Å². The van der Waals surface area contributed by atoms with Crippen LogP contribution in [0.5, 0.6) is 0 Å². The average molecular weight is 502 g/mol. The van der Waals surface area contributed by atoms with E-state index < -0.39 is 28.9 Å². The van der Waals surface area contributed by atoms with Crippen LogP contribution in [-0.2, 0) is 24.5 Å². The van der Waals surface area contributed by atoms with Crippen molar-refractivity contribution in [3.8, 4) is 0 Å². The first-order valence-electron chi connectivity index (χ1n) is 12.7. The third-order valence-corrected chi connectivity index (χ3v) is 6.69. The van der Waals surface area contributed by atoms with Crippen LogP contribution in [0.4, 0.5) is 0 Å². The normalized spacial score (nSPS) is 15.2. The number of hydrogen-bond acceptors (Lipinski definition) is 5. The number of benzene rings is 1. The Kier molecular flexibility index (Phi) is 11.4. The summed E-state index contributed by atoms with van der Waals surface area (Å²) in [4.78, 5) is 41.2. The number of ether oxygens (including phenoxy) is 1. The van der Waals surface area contributed by atoms with Crippen LogP contribution in [0.25, 0.3) is 0 Å². The molecule has 0 aromatic heterocycles. The van der Waals surface area contributed by atoms with E-state index in [9.17, 15) is 14.4 Å². The monoisotopic (exact) mass is 501 g/mol. The molecule has 0 saturated carbocycles. The molecule has 7 heteroatoms. The van der Waals surface area contributed by atoms with Gasteiger partial charge in [0.15, 0.2) is 0 Å². The molecular weight excluding hydrogens is 454 g/mol. The van der Waals surface area contributed by atoms with Gasteiger partial charge in [0.25, 0.3) is 0 Å². The molecule has 36 heavy (non-hydrogen) atoms. The molecule has 2 N–H and O–H groups in total. The summed E-state index contributed by atoms with van der Waals surface area (Å²) in [6.45, 7) is 17.6. The van der Waals surface area contributed by atoms with Crippen LogP contribution >= 0.6 is 0 Å². The Morgan fingerprint density at radius 3 is 2.03 bits per heavy atom. The molecule has 0 fully saturated rings. The van der Waals surface area contributed by atoms with Crippen molar-refractivity contribution in [2.45, 2.75) is 85.9 Å². The predicted molar refractivity (Wildman–Crippen MR) is 145 cm³/mol. The quantitative estimate of drug-likeness (QED) is 0.352. The first-order chi connectivity index (χ1) is 16.6. The minimum absolute atomic E-state index is 0.0433. The minimum Gasteiger partial charge on any atom is -0.463 e. The molecule has 202 valence electrons. The molecule has 0 aliphatic heterocycles. The third-order valence-electron chi connectivity index (χ3n) is 6.69. The minimum atomic E-state index is -0.769. The maximum atomic E-state index is 13.8. The lowest BCUT2D eigenvalue weighted by atomic mass is 9.76. The van der Waals surface area contributed by atoms with E-state index in [4.69, 9.17) is 4.74 Å². The summed E-state index contributed by atoms with van der Waals surface area (Å²) >= 11 is 0. The van der Waals surface area contributed by atoms with Crippen molar-refractivity contribution in [2.24, 2.45) is 11.3 Å². The highest BCUT2D eigenvalue weighted by molar-refractivity contribution is 5.92. The zero-order valence-electron chi connectivity index (χ0n) is 24.1. The van der Waals surface area contributed by atoms with Crippen LogP contribution in [0.2, 0.25) is 0 Å². The first kappa shape index (κ1) is 31.4. The zero-order valence-corrected chi connectivity index (χ0v) is 24.1. The van der Waals surface area contributed by atoms with Crippen molar-refractivity contribution in [1.29, 1.82) is 0 Å². The van der Waals surface area contributed by atoms with Gasteiger partial charge in [0.05, 0.1) is 18.7 Å². The molecule has 1 aromatic carbocycles. The van der Waals surface area contributed by atoms with Crippen LogP contribution in [0.3, 0.4) is 0 Å². The summed E-state index contributed by atoms with van der Waals surface area (Å²) in [5, 5.41) is 6.21. The van der Waals surface area contributed by atoms with E-state index in [1.165, 1.54) is 0 Å². The highest BCUT2D eigenvalue weighted by Crippen LogP contribution is 2.29. The van der Waals surface area contributed by atoms with E-state index in [0.717, 1.165) is 5.56 Å². The van der Waals surface area contributed by atoms with Gasteiger partial charge in [-0.2, -0.15) is 0 Å². The van der Waals surface area contributed by atoms with Gasteiger partial charge in [-0.1, -0.05) is 84.9 Å². The Morgan fingerprint density at radius 2 is 1.58 bits per heavy atom. The van der Waals surface area contributed by atoms with E-state index in [2.05, 4.69) is 10.6 Å². The molecule has 1 rings (SSSR count). The number of amides is 2. The Labute approximate surface area is 218 Å². The van der Waals surface area contributed by atoms with E-state index in [0.29, 0.717) is 5.57 Å². The fraction of sp³-hybridized carbons (Fsp3) is 0.621. The number of hydrogen-bond donors (Lipinski definition) is 2. The highest BCUT2D eigenvalue weighted by Gasteiger charge is 2.41. The zero-order chi connectivity index (χ0) is 27.8. The summed E-state index contributed by atoms with van der Waals surface area (Å²) in [6, 6.07) is 8.19. The molecule has 2 amide bonds. The van der Waals surface area contributed by atoms with Crippen LogP contribution in [0.15, 0.2) is 42.0 Å². The van der Waals surface area contributed by atoms with Crippen molar-refractivity contribution < 1.29 is 19.1 Å². The summed E-state index contributed by atoms with van der Waals surface area (Å²) in [6.07, 6.45) is 1.77. The van der Waals surface area contributed by atoms with Crippen LogP contribution in [-0.4, -0.2) is 61.5 Å². The number of carbonyl (C=O) groups excluding carboxylic acids is 3. The molecule has 1 unspecified atom stereocenters. The fourth-order valence-corrected chi connectivity index (χ4v) is 4.40. The van der Waals surface area contributed by atoms with Gasteiger partial charge in [-0.15, -0.1) is 0 Å². The van der Waals surface area contributed by atoms with Gasteiger partial charge in [-0.3, -0.25) is 9.59 Å². The summed E-state index contributed by atoms with van der Waals surface area (Å²) in [5.74, 6) is -0.811.